The number of aromatic nitrogens is 2. The van der Waals surface area contributed by atoms with Crippen molar-refractivity contribution < 1.29 is 124 Å². The summed E-state index contributed by atoms with van der Waals surface area (Å²) in [6.45, 7) is 18.7. The van der Waals surface area contributed by atoms with Crippen molar-refractivity contribution >= 4 is 92.1 Å². The number of carboxylic acid groups (broad SMARTS) is 1. The number of hydrogen-bond acceptors (Lipinski definition) is 27. The lowest BCUT2D eigenvalue weighted by atomic mass is 9.89. The average Bonchev–Trinajstić information content (AvgIpc) is 1.78. The molecule has 2 aromatic heterocycles. The molecule has 18 atom stereocenters. The molecule has 5 unspecified atom stereocenters. The number of ether oxygens (including phenoxy) is 7. The zero-order chi connectivity index (χ0) is 93.0. The summed E-state index contributed by atoms with van der Waals surface area (Å²) in [5, 5.41) is 74.2. The molecule has 10 amide bonds. The van der Waals surface area contributed by atoms with E-state index in [2.05, 4.69) is 47.6 Å². The first-order valence-corrected chi connectivity index (χ1v) is 43.6. The summed E-state index contributed by atoms with van der Waals surface area (Å²) in [6.07, 6.45) is -11.3. The van der Waals surface area contributed by atoms with Gasteiger partial charge in [-0.25, -0.2) is 19.6 Å². The van der Waals surface area contributed by atoms with Gasteiger partial charge in [0.15, 0.2) is 6.10 Å². The third kappa shape index (κ3) is 30.0. The maximum absolute atomic E-state index is 15.0. The lowest BCUT2D eigenvalue weighted by Gasteiger charge is -2.41. The van der Waals surface area contributed by atoms with E-state index >= 15 is 0 Å². The number of nitrogens with one attached hydrogen (secondary N) is 8. The highest BCUT2D eigenvalue weighted by Crippen LogP contribution is 2.34. The monoisotopic (exact) mass is 1780 g/mol. The van der Waals surface area contributed by atoms with Crippen molar-refractivity contribution in [3.63, 3.8) is 0 Å². The van der Waals surface area contributed by atoms with Crippen molar-refractivity contribution in [1.29, 1.82) is 0 Å². The fraction of sp³-hybridized carbons (Fsp3) is 0.643. The SMILES string of the molecule is CC[C@H](C)[C@@H]([C@@H](CC(=O)N1CCC[C@H]1[C@H](OC)[C@@H](C)C(=O)N[C@H](C)[C@@H](O)c1ccccc1)OC)N(C)C(=O)[C@@H](NC(=O)[C@H](C(C)C)N(C)C(=O)OCc1ccc(NC(=O)[C@H](C)NC(=O)[C@@H](NC(=O)CCOCCOCCNC(=O)[C@H](CS(=O)(=O)O)NC(=O)CCn2c(CN(C)NC)cc3cccnc32)C(C)C)c(OC2OC(C(=O)O)C(O)C(O)C2O)c1)C(C)C. The number of rotatable bonds is 50. The van der Waals surface area contributed by atoms with Crippen molar-refractivity contribution in [1.82, 2.24) is 66.6 Å². The maximum atomic E-state index is 15.0. The second-order valence-electron chi connectivity index (χ2n) is 32.7. The Morgan fingerprint density at radius 2 is 1.37 bits per heavy atom. The van der Waals surface area contributed by atoms with Gasteiger partial charge >= 0.3 is 12.1 Å². The number of benzene rings is 2. The predicted octanol–water partition coefficient (Wildman–Crippen LogP) is 1.35. The molecule has 0 radical (unpaired) electrons. The van der Waals surface area contributed by atoms with Gasteiger partial charge in [-0.15, -0.1) is 0 Å². The maximum Gasteiger partial charge on any atom is 0.410 e. The van der Waals surface area contributed by atoms with E-state index in [1.807, 2.05) is 48.7 Å². The molecule has 2 aromatic carbocycles. The Morgan fingerprint density at radius 3 is 1.98 bits per heavy atom. The van der Waals surface area contributed by atoms with Crippen LogP contribution in [0.15, 0.2) is 72.9 Å². The van der Waals surface area contributed by atoms with Crippen LogP contribution in [0, 0.1) is 29.6 Å². The topological polar surface area (TPSA) is 535 Å². The fourth-order valence-corrected chi connectivity index (χ4v) is 15.7. The highest BCUT2D eigenvalue weighted by atomic mass is 32.2. The Kier molecular flexibility index (Phi) is 41.2. The zero-order valence-corrected chi connectivity index (χ0v) is 75.1. The van der Waals surface area contributed by atoms with Crippen LogP contribution in [0.4, 0.5) is 10.5 Å². The number of aryl methyl sites for hydroxylation is 1. The lowest BCUT2D eigenvalue weighted by Crippen LogP contribution is -2.61. The summed E-state index contributed by atoms with van der Waals surface area (Å²) in [5.41, 5.74) is 5.02. The van der Waals surface area contributed by atoms with Gasteiger partial charge in [-0.1, -0.05) is 105 Å². The smallest absolute Gasteiger partial charge is 0.410 e. The number of amides is 10. The van der Waals surface area contributed by atoms with E-state index in [4.69, 9.17) is 33.2 Å². The van der Waals surface area contributed by atoms with Crippen molar-refractivity contribution in [2.75, 3.05) is 93.0 Å². The van der Waals surface area contributed by atoms with Crippen LogP contribution < -0.4 is 47.4 Å². The molecule has 2 aliphatic rings. The van der Waals surface area contributed by atoms with Crippen molar-refractivity contribution in [3.8, 4) is 5.75 Å². The number of pyridine rings is 1. The van der Waals surface area contributed by atoms with Crippen LogP contribution in [-0.2, 0) is 106 Å². The van der Waals surface area contributed by atoms with Gasteiger partial charge in [0.25, 0.3) is 10.1 Å². The Labute approximate surface area is 729 Å². The predicted molar refractivity (Wildman–Crippen MR) is 455 cm³/mol. The standard InChI is InChI=1S/C84H130N14O26S/c1-18-49(8)68(61(118-16)42-64(101)98-34-23-27-59(98)73(119-17)50(9)76(106)88-51(10)69(102)54-24-20-19-21-25-54)95(14)81(111)66(47(4)5)93-80(110)67(48(6)7)96(15)84(114)122-44-53-28-29-57(60(40-53)123-83-72(105)70(103)71(104)74(124-83)82(112)113)91-77(107)52(11)89-79(109)65(46(2)3)92-63(100)31-36-120-38-39-121-37-33-87-78(108)58(45-125(115,116)117)90-62(99)30-35-97-56(43-94(13)85-12)41-55-26-22-32-86-75(55)97/h19-22,24-26,28-29,32,40-41,46-52,58-59,61,65-74,83,85,102-105H,18,23,27,30-31,33-39,42-45H2,1-17H3,(H,87,108)(H,88,106)(H,89,109)(H,90,99)(H,91,107)(H,92,100)(H,93,110)(H,112,113)(H,115,116,117)/t49-,50+,51+,52-,58-,59-,61+,65-,66-,67-,68-,69+,70?,71?,72?,73+,74?,83?/m0/s1. The normalized spacial score (nSPS) is 19.6. The number of carbonyl (C=O) groups is 11. The Hall–Kier alpha value is -9.63. The van der Waals surface area contributed by atoms with E-state index in [0.717, 1.165) is 16.0 Å². The number of fused-ring (bicyclic) bond motifs is 1. The van der Waals surface area contributed by atoms with E-state index in [1.54, 1.807) is 111 Å². The molecule has 41 heteroatoms. The average molecular weight is 1780 g/mol. The first kappa shape index (κ1) is 104. The Bertz CT molecular complexity index is 4360. The third-order valence-electron chi connectivity index (χ3n) is 22.3. The van der Waals surface area contributed by atoms with E-state index < -0.39 is 197 Å². The van der Waals surface area contributed by atoms with Crippen LogP contribution in [-0.4, -0.2) is 312 Å². The van der Waals surface area contributed by atoms with E-state index in [0.29, 0.717) is 43.6 Å². The molecule has 0 aliphatic carbocycles. The molecule has 2 saturated heterocycles. The first-order chi connectivity index (χ1) is 59.0. The number of anilines is 1. The van der Waals surface area contributed by atoms with E-state index in [-0.39, 0.29) is 93.5 Å². The number of aliphatic hydroxyl groups is 4. The van der Waals surface area contributed by atoms with Crippen LogP contribution in [0.3, 0.4) is 0 Å². The molecule has 125 heavy (non-hydrogen) atoms. The van der Waals surface area contributed by atoms with Gasteiger partial charge in [-0.05, 0) is 98.9 Å². The van der Waals surface area contributed by atoms with Gasteiger partial charge in [0, 0.05) is 85.1 Å². The number of carboxylic acids is 1. The Balaban J connectivity index is 1.03. The van der Waals surface area contributed by atoms with Crippen LogP contribution >= 0.6 is 0 Å². The van der Waals surface area contributed by atoms with Gasteiger partial charge < -0.3 is 110 Å². The van der Waals surface area contributed by atoms with Gasteiger partial charge in [-0.3, -0.25) is 58.0 Å². The molecular weight excluding hydrogens is 1650 g/mol. The summed E-state index contributed by atoms with van der Waals surface area (Å²) in [6, 6.07) is 9.88. The number of aliphatic carboxylic acids is 1. The van der Waals surface area contributed by atoms with Gasteiger partial charge in [-0.2, -0.15) is 8.42 Å². The Morgan fingerprint density at radius 1 is 0.704 bits per heavy atom. The van der Waals surface area contributed by atoms with Crippen molar-refractivity contribution in [2.24, 2.45) is 29.6 Å². The minimum Gasteiger partial charge on any atom is -0.479 e. The second-order valence-corrected chi connectivity index (χ2v) is 34.2. The summed E-state index contributed by atoms with van der Waals surface area (Å²) in [4.78, 5) is 160. The van der Waals surface area contributed by atoms with E-state index in [1.165, 1.54) is 51.3 Å². The molecule has 4 aromatic rings. The van der Waals surface area contributed by atoms with Gasteiger partial charge in [0.1, 0.15) is 72.3 Å². The number of likely N-dealkylation sites (tertiary alicyclic amines) is 1. The summed E-state index contributed by atoms with van der Waals surface area (Å²) in [5.74, 6) is -11.6. The molecule has 6 rings (SSSR count). The van der Waals surface area contributed by atoms with E-state index in [9.17, 15) is 91.2 Å². The number of nitrogens with zero attached hydrogens (tertiary/aromatic N) is 6. The minimum absolute atomic E-state index is 0.0209. The van der Waals surface area contributed by atoms with Crippen LogP contribution in [0.2, 0.25) is 0 Å². The molecular formula is C84H130N14O26S. The van der Waals surface area contributed by atoms with Crippen LogP contribution in [0.5, 0.6) is 5.75 Å². The fourth-order valence-electron chi connectivity index (χ4n) is 15.0. The molecule has 14 N–H and O–H groups in total. The molecule has 4 heterocycles. The third-order valence-corrected chi connectivity index (χ3v) is 23.1. The van der Waals surface area contributed by atoms with Gasteiger partial charge in [0.2, 0.25) is 59.5 Å². The molecule has 2 fully saturated rings. The molecule has 2 aliphatic heterocycles. The van der Waals surface area contributed by atoms with Crippen LogP contribution in [0.1, 0.15) is 138 Å². The summed E-state index contributed by atoms with van der Waals surface area (Å²) in [7, 11) is 4.69. The summed E-state index contributed by atoms with van der Waals surface area (Å²) >= 11 is 0. The number of hydrazine groups is 1. The van der Waals surface area contributed by atoms with Crippen molar-refractivity contribution in [3.05, 3.63) is 89.7 Å². The quantitative estimate of drug-likeness (QED) is 0.0169. The molecule has 698 valence electrons. The number of likely N-dealkylation sites (N-methyl/N-ethyl adjacent to an activating group) is 2. The van der Waals surface area contributed by atoms with Crippen molar-refractivity contribution in [2.45, 2.75) is 232 Å². The second kappa shape index (κ2) is 49.5. The largest absolute Gasteiger partial charge is 0.479 e. The minimum atomic E-state index is -4.73. The molecule has 40 nitrogen and oxygen atoms in total. The molecule has 0 bridgehead atoms. The molecule has 0 saturated carbocycles. The number of carbonyl (C=O) groups excluding carboxylic acids is 10. The van der Waals surface area contributed by atoms with Gasteiger partial charge in [0.05, 0.1) is 87.4 Å². The molecule has 0 spiro atoms. The zero-order valence-electron chi connectivity index (χ0n) is 74.3. The number of aliphatic hydroxyl groups excluding tert-OH is 4. The highest BCUT2D eigenvalue weighted by molar-refractivity contribution is 7.85. The number of methoxy groups -OCH3 is 2. The van der Waals surface area contributed by atoms with Crippen LogP contribution in [0.25, 0.3) is 11.0 Å². The first-order valence-electron chi connectivity index (χ1n) is 42.0. The lowest BCUT2D eigenvalue weighted by molar-refractivity contribution is -0.271. The number of hydrogen-bond donors (Lipinski definition) is 14. The summed E-state index contributed by atoms with van der Waals surface area (Å²) < 4.78 is 75.5. The highest BCUT2D eigenvalue weighted by Gasteiger charge is 2.49.